The third kappa shape index (κ3) is 2.78. The molecule has 3 N–H and O–H groups in total. The summed E-state index contributed by atoms with van der Waals surface area (Å²) < 4.78 is 10.9. The first-order valence-electron chi connectivity index (χ1n) is 5.07. The quantitative estimate of drug-likeness (QED) is 0.842. The first-order valence-corrected chi connectivity index (χ1v) is 5.07. The molecule has 0 bridgehead atoms. The summed E-state index contributed by atoms with van der Waals surface area (Å²) in [6.07, 6.45) is 0.555. The van der Waals surface area contributed by atoms with E-state index in [0.29, 0.717) is 19.6 Å². The molecule has 2 rings (SSSR count). The van der Waals surface area contributed by atoms with Crippen molar-refractivity contribution in [3.05, 3.63) is 23.8 Å². The minimum absolute atomic E-state index is 0. The Hall–Kier alpha value is -0.970. The van der Waals surface area contributed by atoms with Gasteiger partial charge in [0.05, 0.1) is 0 Å². The Kier molecular flexibility index (Phi) is 4.86. The number of fused-ring (bicyclic) bond motifs is 1. The van der Waals surface area contributed by atoms with E-state index in [0.717, 1.165) is 17.1 Å². The maximum atomic E-state index is 8.80. The fourth-order valence-electron chi connectivity index (χ4n) is 1.60. The highest BCUT2D eigenvalue weighted by molar-refractivity contribution is 5.85. The van der Waals surface area contributed by atoms with E-state index in [9.17, 15) is 0 Å². The largest absolute Gasteiger partial charge is 0.486 e. The maximum Gasteiger partial charge on any atom is 0.161 e. The van der Waals surface area contributed by atoms with E-state index in [1.165, 1.54) is 0 Å². The van der Waals surface area contributed by atoms with E-state index in [-0.39, 0.29) is 25.1 Å². The minimum Gasteiger partial charge on any atom is -0.486 e. The molecule has 1 aromatic rings. The van der Waals surface area contributed by atoms with Gasteiger partial charge < -0.3 is 20.3 Å². The van der Waals surface area contributed by atoms with Crippen LogP contribution >= 0.6 is 12.4 Å². The van der Waals surface area contributed by atoms with Crippen LogP contribution in [-0.4, -0.2) is 24.9 Å². The zero-order chi connectivity index (χ0) is 10.7. The molecule has 1 atom stereocenters. The van der Waals surface area contributed by atoms with E-state index >= 15 is 0 Å². The lowest BCUT2D eigenvalue weighted by atomic mass is 10.0. The van der Waals surface area contributed by atoms with Gasteiger partial charge in [-0.25, -0.2) is 0 Å². The number of ether oxygens (including phenoxy) is 2. The molecule has 90 valence electrons. The predicted molar refractivity (Wildman–Crippen MR) is 63.3 cm³/mol. The van der Waals surface area contributed by atoms with Crippen molar-refractivity contribution >= 4 is 12.4 Å². The smallest absolute Gasteiger partial charge is 0.161 e. The third-order valence-corrected chi connectivity index (χ3v) is 2.43. The van der Waals surface area contributed by atoms with Gasteiger partial charge in [0.15, 0.2) is 11.5 Å². The van der Waals surface area contributed by atoms with Crippen LogP contribution in [0.15, 0.2) is 18.2 Å². The van der Waals surface area contributed by atoms with Crippen molar-refractivity contribution in [2.75, 3.05) is 19.8 Å². The van der Waals surface area contributed by atoms with Crippen LogP contribution in [0.1, 0.15) is 18.0 Å². The monoisotopic (exact) mass is 245 g/mol. The van der Waals surface area contributed by atoms with Crippen molar-refractivity contribution < 1.29 is 14.6 Å². The van der Waals surface area contributed by atoms with Gasteiger partial charge in [0.2, 0.25) is 0 Å². The Morgan fingerprint density at radius 2 is 1.94 bits per heavy atom. The van der Waals surface area contributed by atoms with Gasteiger partial charge in [0.1, 0.15) is 13.2 Å². The molecule has 1 aliphatic heterocycles. The van der Waals surface area contributed by atoms with Gasteiger partial charge in [-0.2, -0.15) is 0 Å². The Morgan fingerprint density at radius 1 is 1.25 bits per heavy atom. The Morgan fingerprint density at radius 3 is 2.62 bits per heavy atom. The van der Waals surface area contributed by atoms with Gasteiger partial charge in [-0.3, -0.25) is 0 Å². The second kappa shape index (κ2) is 5.94. The first kappa shape index (κ1) is 13.1. The molecule has 0 unspecified atom stereocenters. The molecule has 1 aliphatic rings. The summed E-state index contributed by atoms with van der Waals surface area (Å²) in [6.45, 7) is 1.26. The first-order chi connectivity index (χ1) is 7.31. The highest BCUT2D eigenvalue weighted by Gasteiger charge is 2.14. The van der Waals surface area contributed by atoms with Crippen molar-refractivity contribution in [2.24, 2.45) is 5.73 Å². The minimum atomic E-state index is -0.147. The summed E-state index contributed by atoms with van der Waals surface area (Å²) in [5, 5.41) is 8.80. The lowest BCUT2D eigenvalue weighted by Gasteiger charge is -2.20. The van der Waals surface area contributed by atoms with Crippen molar-refractivity contribution in [2.45, 2.75) is 12.5 Å². The number of aliphatic hydroxyl groups is 1. The van der Waals surface area contributed by atoms with Gasteiger partial charge >= 0.3 is 0 Å². The average molecular weight is 246 g/mol. The number of hydrogen-bond donors (Lipinski definition) is 2. The lowest BCUT2D eigenvalue weighted by Crippen LogP contribution is -2.17. The Balaban J connectivity index is 0.00000128. The average Bonchev–Trinajstić information content (AvgIpc) is 2.29. The standard InChI is InChI=1S/C11H15NO3.ClH/c12-9(3-4-13)8-1-2-10-11(7-8)15-6-5-14-10;/h1-2,7,9,13H,3-6,12H2;1H/t9-;/m1./s1. The molecule has 0 saturated carbocycles. The molecule has 5 heteroatoms. The van der Waals surface area contributed by atoms with Crippen LogP contribution in [0.25, 0.3) is 0 Å². The lowest BCUT2D eigenvalue weighted by molar-refractivity contribution is 0.171. The summed E-state index contributed by atoms with van der Waals surface area (Å²) in [5.74, 6) is 1.51. The highest BCUT2D eigenvalue weighted by Crippen LogP contribution is 2.32. The fraction of sp³-hybridized carbons (Fsp3) is 0.455. The molecule has 0 aliphatic carbocycles. The fourth-order valence-corrected chi connectivity index (χ4v) is 1.60. The number of aliphatic hydroxyl groups excluding tert-OH is 1. The van der Waals surface area contributed by atoms with Gasteiger partial charge in [0, 0.05) is 12.6 Å². The Labute approximate surface area is 101 Å². The summed E-state index contributed by atoms with van der Waals surface area (Å²) >= 11 is 0. The zero-order valence-corrected chi connectivity index (χ0v) is 9.70. The molecule has 0 aromatic heterocycles. The molecule has 0 fully saturated rings. The molecular formula is C11H16ClNO3. The number of hydrogen-bond acceptors (Lipinski definition) is 4. The predicted octanol–water partition coefficient (Wildman–Crippen LogP) is 1.26. The molecule has 1 heterocycles. The van der Waals surface area contributed by atoms with Gasteiger partial charge in [-0.1, -0.05) is 6.07 Å². The molecule has 16 heavy (non-hydrogen) atoms. The second-order valence-electron chi connectivity index (χ2n) is 3.52. The normalized spacial score (nSPS) is 15.1. The van der Waals surface area contributed by atoms with Crippen LogP contribution in [0.5, 0.6) is 11.5 Å². The third-order valence-electron chi connectivity index (χ3n) is 2.43. The number of nitrogens with two attached hydrogens (primary N) is 1. The molecule has 4 nitrogen and oxygen atoms in total. The van der Waals surface area contributed by atoms with Crippen molar-refractivity contribution in [1.29, 1.82) is 0 Å². The van der Waals surface area contributed by atoms with Crippen molar-refractivity contribution in [3.63, 3.8) is 0 Å². The van der Waals surface area contributed by atoms with E-state index in [1.807, 2.05) is 18.2 Å². The van der Waals surface area contributed by atoms with Crippen LogP contribution in [-0.2, 0) is 0 Å². The van der Waals surface area contributed by atoms with E-state index < -0.39 is 0 Å². The molecule has 0 amide bonds. The van der Waals surface area contributed by atoms with E-state index in [1.54, 1.807) is 0 Å². The summed E-state index contributed by atoms with van der Waals surface area (Å²) in [4.78, 5) is 0. The number of rotatable bonds is 3. The molecule has 0 radical (unpaired) electrons. The number of halogens is 1. The summed E-state index contributed by atoms with van der Waals surface area (Å²) in [6, 6.07) is 5.51. The van der Waals surface area contributed by atoms with E-state index in [2.05, 4.69) is 0 Å². The molecule has 0 saturated heterocycles. The second-order valence-corrected chi connectivity index (χ2v) is 3.52. The van der Waals surface area contributed by atoms with Crippen LogP contribution in [0.4, 0.5) is 0 Å². The Bertz CT molecular complexity index is 346. The summed E-state index contributed by atoms with van der Waals surface area (Å²) in [7, 11) is 0. The molecule has 0 spiro atoms. The van der Waals surface area contributed by atoms with Crippen LogP contribution in [0.2, 0.25) is 0 Å². The van der Waals surface area contributed by atoms with Gasteiger partial charge in [-0.05, 0) is 24.1 Å². The molecular weight excluding hydrogens is 230 g/mol. The zero-order valence-electron chi connectivity index (χ0n) is 8.89. The van der Waals surface area contributed by atoms with Crippen LogP contribution in [0.3, 0.4) is 0 Å². The van der Waals surface area contributed by atoms with Gasteiger partial charge in [-0.15, -0.1) is 12.4 Å². The van der Waals surface area contributed by atoms with Crippen molar-refractivity contribution in [3.8, 4) is 11.5 Å². The topological polar surface area (TPSA) is 64.7 Å². The van der Waals surface area contributed by atoms with Gasteiger partial charge in [0.25, 0.3) is 0 Å². The molecule has 1 aromatic carbocycles. The van der Waals surface area contributed by atoms with Crippen molar-refractivity contribution in [1.82, 2.24) is 0 Å². The highest BCUT2D eigenvalue weighted by atomic mass is 35.5. The van der Waals surface area contributed by atoms with Crippen LogP contribution in [0, 0.1) is 0 Å². The summed E-state index contributed by atoms with van der Waals surface area (Å²) in [5.41, 5.74) is 6.85. The van der Waals surface area contributed by atoms with Crippen LogP contribution < -0.4 is 15.2 Å². The maximum absolute atomic E-state index is 8.80. The SMILES string of the molecule is Cl.N[C@H](CCO)c1ccc2c(c1)OCCO2. The van der Waals surface area contributed by atoms with E-state index in [4.69, 9.17) is 20.3 Å². The number of benzene rings is 1.